The van der Waals surface area contributed by atoms with Gasteiger partial charge in [-0.2, -0.15) is 10.2 Å². The number of aliphatic hydroxyl groups is 1. The van der Waals surface area contributed by atoms with Crippen LogP contribution in [0.3, 0.4) is 0 Å². The first-order chi connectivity index (χ1) is 13.8. The van der Waals surface area contributed by atoms with Crippen LogP contribution in [0.25, 0.3) is 16.6 Å². The number of hydrogen-bond donors (Lipinski definition) is 1. The van der Waals surface area contributed by atoms with Gasteiger partial charge in [0.1, 0.15) is 0 Å². The Morgan fingerprint density at radius 3 is 2.69 bits per heavy atom. The molecule has 0 radical (unpaired) electrons. The highest BCUT2D eigenvalue weighted by atomic mass is 16.3. The molecule has 1 saturated carbocycles. The molecular weight excluding hydrogens is 362 g/mol. The van der Waals surface area contributed by atoms with E-state index < -0.39 is 5.60 Å². The summed E-state index contributed by atoms with van der Waals surface area (Å²) in [5, 5.41) is 24.8. The van der Waals surface area contributed by atoms with E-state index in [9.17, 15) is 5.11 Å². The highest BCUT2D eigenvalue weighted by Gasteiger charge is 2.35. The zero-order chi connectivity index (χ0) is 20.2. The van der Waals surface area contributed by atoms with Gasteiger partial charge < -0.3 is 10.0 Å². The van der Waals surface area contributed by atoms with Crippen molar-refractivity contribution >= 4 is 16.7 Å². The van der Waals surface area contributed by atoms with Gasteiger partial charge in [-0.1, -0.05) is 25.5 Å². The number of aromatic nitrogens is 4. The molecule has 6 nitrogen and oxygen atoms in total. The molecule has 2 aromatic heterocycles. The van der Waals surface area contributed by atoms with Crippen molar-refractivity contribution < 1.29 is 5.11 Å². The molecule has 1 aromatic carbocycles. The highest BCUT2D eigenvalue weighted by Crippen LogP contribution is 2.44. The molecule has 3 heterocycles. The molecule has 1 N–H and O–H groups in total. The summed E-state index contributed by atoms with van der Waals surface area (Å²) in [5.41, 5.74) is 3.06. The molecule has 1 aliphatic carbocycles. The third kappa shape index (κ3) is 3.19. The predicted molar refractivity (Wildman–Crippen MR) is 114 cm³/mol. The van der Waals surface area contributed by atoms with E-state index in [4.69, 9.17) is 0 Å². The van der Waals surface area contributed by atoms with E-state index in [0.717, 1.165) is 41.9 Å². The first-order valence-corrected chi connectivity index (χ1v) is 10.6. The van der Waals surface area contributed by atoms with Crippen LogP contribution in [0.4, 0.5) is 5.82 Å². The highest BCUT2D eigenvalue weighted by molar-refractivity contribution is 5.81. The van der Waals surface area contributed by atoms with Crippen LogP contribution in [0.1, 0.15) is 52.0 Å². The summed E-state index contributed by atoms with van der Waals surface area (Å²) in [7, 11) is 0. The second-order valence-electron chi connectivity index (χ2n) is 9.60. The Bertz CT molecular complexity index is 1050. The summed E-state index contributed by atoms with van der Waals surface area (Å²) in [6, 6.07) is 8.79. The summed E-state index contributed by atoms with van der Waals surface area (Å²) in [4.78, 5) is 2.21. The lowest BCUT2D eigenvalue weighted by Gasteiger charge is -2.39. The number of hydrogen-bond acceptors (Lipinski definition) is 5. The Morgan fingerprint density at radius 2 is 2.00 bits per heavy atom. The number of rotatable bonds is 4. The molecular formula is C23H29N5O. The minimum atomic E-state index is -0.675. The van der Waals surface area contributed by atoms with Crippen LogP contribution >= 0.6 is 0 Å². The van der Waals surface area contributed by atoms with Gasteiger partial charge in [0.2, 0.25) is 0 Å². The lowest BCUT2D eigenvalue weighted by molar-refractivity contribution is 0.0263. The van der Waals surface area contributed by atoms with Crippen LogP contribution in [0.5, 0.6) is 0 Å². The number of fused-ring (bicyclic) bond motifs is 1. The van der Waals surface area contributed by atoms with E-state index >= 15 is 0 Å². The second-order valence-corrected chi connectivity index (χ2v) is 9.60. The van der Waals surface area contributed by atoms with E-state index in [1.807, 2.05) is 24.7 Å². The van der Waals surface area contributed by atoms with Crippen molar-refractivity contribution in [3.05, 3.63) is 42.2 Å². The molecule has 2 aliphatic rings. The van der Waals surface area contributed by atoms with E-state index in [0.29, 0.717) is 5.41 Å². The van der Waals surface area contributed by atoms with Gasteiger partial charge in [0, 0.05) is 30.5 Å². The molecule has 5 rings (SSSR count). The van der Waals surface area contributed by atoms with E-state index in [1.165, 1.54) is 24.8 Å². The topological polar surface area (TPSA) is 67.1 Å². The van der Waals surface area contributed by atoms with Gasteiger partial charge in [-0.15, -0.1) is 5.10 Å². The SMILES string of the molecule is CC1(c2ccc3cnn(-c4cnnc(N5CC[C@@H](C(C)(C)O)C5)c4)c3c2)CCC1. The van der Waals surface area contributed by atoms with Gasteiger partial charge in [0.15, 0.2) is 5.82 Å². The van der Waals surface area contributed by atoms with Crippen LogP contribution in [0.2, 0.25) is 0 Å². The Hall–Kier alpha value is -2.47. The molecule has 0 amide bonds. The molecule has 1 saturated heterocycles. The van der Waals surface area contributed by atoms with Crippen molar-refractivity contribution in [2.45, 2.75) is 57.5 Å². The van der Waals surface area contributed by atoms with Crippen LogP contribution in [0.15, 0.2) is 36.7 Å². The average Bonchev–Trinajstić information content (AvgIpc) is 3.33. The van der Waals surface area contributed by atoms with Crippen molar-refractivity contribution in [3.8, 4) is 5.69 Å². The van der Waals surface area contributed by atoms with Crippen molar-refractivity contribution in [3.63, 3.8) is 0 Å². The maximum Gasteiger partial charge on any atom is 0.153 e. The molecule has 0 unspecified atom stereocenters. The van der Waals surface area contributed by atoms with E-state index in [-0.39, 0.29) is 5.92 Å². The zero-order valence-corrected chi connectivity index (χ0v) is 17.5. The molecule has 2 fully saturated rings. The molecule has 29 heavy (non-hydrogen) atoms. The smallest absolute Gasteiger partial charge is 0.153 e. The second kappa shape index (κ2) is 6.52. The Morgan fingerprint density at radius 1 is 1.17 bits per heavy atom. The molecule has 0 bridgehead atoms. The molecule has 1 atom stereocenters. The third-order valence-corrected chi connectivity index (χ3v) is 7.11. The Kier molecular flexibility index (Phi) is 4.17. The lowest BCUT2D eigenvalue weighted by Crippen LogP contribution is -2.33. The van der Waals surface area contributed by atoms with Gasteiger partial charge in [0.25, 0.3) is 0 Å². The fourth-order valence-corrected chi connectivity index (χ4v) is 4.76. The first-order valence-electron chi connectivity index (χ1n) is 10.6. The van der Waals surface area contributed by atoms with E-state index in [2.05, 4.69) is 51.4 Å². The normalized spacial score (nSPS) is 21.5. The Labute approximate surface area is 171 Å². The molecule has 6 heteroatoms. The van der Waals surface area contributed by atoms with Crippen molar-refractivity contribution in [2.24, 2.45) is 5.92 Å². The largest absolute Gasteiger partial charge is 0.390 e. The number of nitrogens with zero attached hydrogens (tertiary/aromatic N) is 5. The standard InChI is InChI=1S/C23H29N5O/c1-22(2,29)18-7-10-27(15-18)21-12-19(14-24-26-21)28-20-11-17(23(3)8-4-9-23)6-5-16(20)13-25-28/h5-6,11-14,18,29H,4,7-10,15H2,1-3H3/t18-/m1/s1. The van der Waals surface area contributed by atoms with Gasteiger partial charge in [-0.25, -0.2) is 4.68 Å². The first kappa shape index (κ1) is 18.6. The predicted octanol–water partition coefficient (Wildman–Crippen LogP) is 3.85. The third-order valence-electron chi connectivity index (χ3n) is 7.11. The Balaban J connectivity index is 1.48. The molecule has 3 aromatic rings. The molecule has 0 spiro atoms. The number of anilines is 1. The monoisotopic (exact) mass is 391 g/mol. The van der Waals surface area contributed by atoms with Gasteiger partial charge >= 0.3 is 0 Å². The average molecular weight is 392 g/mol. The number of benzene rings is 1. The summed E-state index contributed by atoms with van der Waals surface area (Å²) in [6.45, 7) is 7.81. The summed E-state index contributed by atoms with van der Waals surface area (Å²) < 4.78 is 1.97. The van der Waals surface area contributed by atoms with Crippen molar-refractivity contribution in [2.75, 3.05) is 18.0 Å². The summed E-state index contributed by atoms with van der Waals surface area (Å²) in [6.07, 6.45) is 8.48. The van der Waals surface area contributed by atoms with Crippen LogP contribution < -0.4 is 4.90 Å². The maximum atomic E-state index is 10.3. The zero-order valence-electron chi connectivity index (χ0n) is 17.5. The lowest BCUT2D eigenvalue weighted by atomic mass is 9.66. The summed E-state index contributed by atoms with van der Waals surface area (Å²) in [5.74, 6) is 1.09. The van der Waals surface area contributed by atoms with Gasteiger partial charge in [0.05, 0.1) is 29.2 Å². The quantitative estimate of drug-likeness (QED) is 0.732. The molecule has 1 aliphatic heterocycles. The summed E-state index contributed by atoms with van der Waals surface area (Å²) >= 11 is 0. The van der Waals surface area contributed by atoms with Gasteiger partial charge in [-0.3, -0.25) is 0 Å². The fraction of sp³-hybridized carbons (Fsp3) is 0.522. The maximum absolute atomic E-state index is 10.3. The fourth-order valence-electron chi connectivity index (χ4n) is 4.76. The molecule has 152 valence electrons. The van der Waals surface area contributed by atoms with Crippen LogP contribution in [0, 0.1) is 5.92 Å². The van der Waals surface area contributed by atoms with E-state index in [1.54, 1.807) is 6.20 Å². The minimum Gasteiger partial charge on any atom is -0.390 e. The van der Waals surface area contributed by atoms with Crippen LogP contribution in [-0.2, 0) is 5.41 Å². The van der Waals surface area contributed by atoms with Crippen molar-refractivity contribution in [1.82, 2.24) is 20.0 Å². The van der Waals surface area contributed by atoms with Crippen LogP contribution in [-0.4, -0.2) is 43.8 Å². The van der Waals surface area contributed by atoms with Gasteiger partial charge in [-0.05, 0) is 50.2 Å². The minimum absolute atomic E-state index is 0.240. The van der Waals surface area contributed by atoms with Crippen molar-refractivity contribution in [1.29, 1.82) is 0 Å².